The Morgan fingerprint density at radius 3 is 2.88 bits per heavy atom. The van der Waals surface area contributed by atoms with E-state index >= 15 is 0 Å². The quantitative estimate of drug-likeness (QED) is 0.571. The highest BCUT2D eigenvalue weighted by Crippen LogP contribution is 2.19. The van der Waals surface area contributed by atoms with Crippen molar-refractivity contribution in [1.29, 1.82) is 0 Å². The molecule has 2 atom stereocenters. The molecule has 0 aromatic rings. The summed E-state index contributed by atoms with van der Waals surface area (Å²) in [6.45, 7) is 7.85. The zero-order valence-corrected chi connectivity index (χ0v) is 11.2. The summed E-state index contributed by atoms with van der Waals surface area (Å²) in [6.07, 6.45) is 5.19. The van der Waals surface area contributed by atoms with Crippen LogP contribution in [0.15, 0.2) is 4.99 Å². The highest BCUT2D eigenvalue weighted by atomic mass is 15.2. The maximum absolute atomic E-state index is 5.84. The minimum atomic E-state index is 0.511. The van der Waals surface area contributed by atoms with Gasteiger partial charge in [0, 0.05) is 18.6 Å². The third-order valence-corrected chi connectivity index (χ3v) is 3.77. The Balaban J connectivity index is 1.73. The molecule has 2 aliphatic rings. The van der Waals surface area contributed by atoms with Crippen molar-refractivity contribution >= 4 is 5.96 Å². The van der Waals surface area contributed by atoms with Gasteiger partial charge in [-0.3, -0.25) is 9.89 Å². The average Bonchev–Trinajstić information content (AvgIpc) is 3.10. The third-order valence-electron chi connectivity index (χ3n) is 3.77. The van der Waals surface area contributed by atoms with E-state index in [1.807, 2.05) is 0 Å². The zero-order chi connectivity index (χ0) is 12.3. The van der Waals surface area contributed by atoms with Gasteiger partial charge in [0.25, 0.3) is 0 Å². The van der Waals surface area contributed by atoms with Crippen LogP contribution in [-0.2, 0) is 0 Å². The molecule has 1 saturated heterocycles. The van der Waals surface area contributed by atoms with Crippen LogP contribution in [0.5, 0.6) is 0 Å². The Hall–Kier alpha value is -0.770. The topological polar surface area (TPSA) is 53.6 Å². The minimum absolute atomic E-state index is 0.511. The number of nitrogens with zero attached hydrogens (tertiary/aromatic N) is 2. The van der Waals surface area contributed by atoms with Gasteiger partial charge in [0.1, 0.15) is 0 Å². The molecule has 0 unspecified atom stereocenters. The van der Waals surface area contributed by atoms with Crippen LogP contribution < -0.4 is 11.1 Å². The maximum Gasteiger partial charge on any atom is 0.188 e. The molecule has 4 heteroatoms. The number of likely N-dealkylation sites (tertiary alicyclic amines) is 1. The van der Waals surface area contributed by atoms with E-state index in [1.165, 1.54) is 38.8 Å². The Morgan fingerprint density at radius 1 is 1.47 bits per heavy atom. The predicted molar refractivity (Wildman–Crippen MR) is 72.1 cm³/mol. The summed E-state index contributed by atoms with van der Waals surface area (Å²) in [5, 5.41) is 3.23. The molecule has 3 N–H and O–H groups in total. The van der Waals surface area contributed by atoms with Crippen LogP contribution in [0.2, 0.25) is 0 Å². The van der Waals surface area contributed by atoms with E-state index in [0.717, 1.165) is 12.5 Å². The number of rotatable bonds is 4. The van der Waals surface area contributed by atoms with E-state index in [2.05, 4.69) is 29.1 Å². The van der Waals surface area contributed by atoms with Crippen LogP contribution in [0, 0.1) is 5.92 Å². The lowest BCUT2D eigenvalue weighted by molar-refractivity contribution is 0.142. The fourth-order valence-corrected chi connectivity index (χ4v) is 2.45. The van der Waals surface area contributed by atoms with Crippen molar-refractivity contribution in [1.82, 2.24) is 10.2 Å². The number of guanidine groups is 1. The Kier molecular flexibility index (Phi) is 4.26. The van der Waals surface area contributed by atoms with Crippen molar-refractivity contribution in [2.75, 3.05) is 19.6 Å². The van der Waals surface area contributed by atoms with Crippen molar-refractivity contribution in [2.45, 2.75) is 51.6 Å². The van der Waals surface area contributed by atoms with E-state index in [-0.39, 0.29) is 0 Å². The summed E-state index contributed by atoms with van der Waals surface area (Å²) in [5.41, 5.74) is 5.84. The lowest BCUT2D eigenvalue weighted by atomic mass is 9.99. The van der Waals surface area contributed by atoms with E-state index in [9.17, 15) is 0 Å². The molecule has 2 fully saturated rings. The van der Waals surface area contributed by atoms with E-state index < -0.39 is 0 Å². The molecule has 4 nitrogen and oxygen atoms in total. The molecule has 17 heavy (non-hydrogen) atoms. The molecule has 0 amide bonds. The molecule has 1 heterocycles. The smallest absolute Gasteiger partial charge is 0.188 e. The van der Waals surface area contributed by atoms with Gasteiger partial charge in [-0.05, 0) is 45.1 Å². The van der Waals surface area contributed by atoms with Crippen LogP contribution in [0.4, 0.5) is 0 Å². The SMILES string of the molecule is C[C@H]1CCCN([C@H](C)CN=C(N)NC2CC2)C1. The van der Waals surface area contributed by atoms with Gasteiger partial charge in [0.15, 0.2) is 5.96 Å². The van der Waals surface area contributed by atoms with Crippen LogP contribution in [0.3, 0.4) is 0 Å². The predicted octanol–water partition coefficient (Wildman–Crippen LogP) is 1.17. The Morgan fingerprint density at radius 2 is 2.24 bits per heavy atom. The largest absolute Gasteiger partial charge is 0.370 e. The summed E-state index contributed by atoms with van der Waals surface area (Å²) >= 11 is 0. The lowest BCUT2D eigenvalue weighted by Crippen LogP contribution is -2.43. The van der Waals surface area contributed by atoms with Gasteiger partial charge in [-0.25, -0.2) is 0 Å². The molecular formula is C13H26N4. The second-order valence-corrected chi connectivity index (χ2v) is 5.74. The lowest BCUT2D eigenvalue weighted by Gasteiger charge is -2.34. The summed E-state index contributed by atoms with van der Waals surface area (Å²) < 4.78 is 0. The highest BCUT2D eigenvalue weighted by Gasteiger charge is 2.22. The van der Waals surface area contributed by atoms with Gasteiger partial charge in [0.05, 0.1) is 6.54 Å². The van der Waals surface area contributed by atoms with Crippen molar-refractivity contribution in [2.24, 2.45) is 16.6 Å². The molecule has 0 bridgehead atoms. The average molecular weight is 238 g/mol. The van der Waals surface area contributed by atoms with Crippen LogP contribution in [0.1, 0.15) is 39.5 Å². The normalized spacial score (nSPS) is 29.1. The van der Waals surface area contributed by atoms with Gasteiger partial charge in [-0.2, -0.15) is 0 Å². The Labute approximate surface area is 105 Å². The maximum atomic E-state index is 5.84. The second-order valence-electron chi connectivity index (χ2n) is 5.74. The molecule has 0 radical (unpaired) electrons. The number of aliphatic imine (C=N–C) groups is 1. The van der Waals surface area contributed by atoms with E-state index in [1.54, 1.807) is 0 Å². The molecule has 1 aliphatic heterocycles. The van der Waals surface area contributed by atoms with E-state index in [0.29, 0.717) is 18.0 Å². The summed E-state index contributed by atoms with van der Waals surface area (Å²) in [6, 6.07) is 1.11. The van der Waals surface area contributed by atoms with Crippen molar-refractivity contribution < 1.29 is 0 Å². The molecule has 0 aromatic heterocycles. The molecule has 1 saturated carbocycles. The molecular weight excluding hydrogens is 212 g/mol. The first kappa shape index (κ1) is 12.7. The summed E-state index contributed by atoms with van der Waals surface area (Å²) in [7, 11) is 0. The molecule has 0 aromatic carbocycles. The molecule has 1 aliphatic carbocycles. The first-order valence-corrected chi connectivity index (χ1v) is 6.95. The third kappa shape index (κ3) is 4.19. The highest BCUT2D eigenvalue weighted by molar-refractivity contribution is 5.78. The summed E-state index contributed by atoms with van der Waals surface area (Å²) in [5.74, 6) is 1.46. The van der Waals surface area contributed by atoms with Gasteiger partial charge < -0.3 is 11.1 Å². The van der Waals surface area contributed by atoms with Crippen molar-refractivity contribution in [3.05, 3.63) is 0 Å². The zero-order valence-electron chi connectivity index (χ0n) is 11.2. The van der Waals surface area contributed by atoms with Gasteiger partial charge in [-0.1, -0.05) is 6.92 Å². The molecule has 2 rings (SSSR count). The number of hydrogen-bond acceptors (Lipinski definition) is 2. The number of hydrogen-bond donors (Lipinski definition) is 2. The van der Waals surface area contributed by atoms with E-state index in [4.69, 9.17) is 5.73 Å². The van der Waals surface area contributed by atoms with Crippen LogP contribution in [-0.4, -0.2) is 42.6 Å². The number of piperidine rings is 1. The minimum Gasteiger partial charge on any atom is -0.370 e. The number of nitrogens with two attached hydrogens (primary N) is 1. The van der Waals surface area contributed by atoms with Crippen LogP contribution in [0.25, 0.3) is 0 Å². The van der Waals surface area contributed by atoms with Crippen molar-refractivity contribution in [3.63, 3.8) is 0 Å². The first-order valence-electron chi connectivity index (χ1n) is 6.95. The van der Waals surface area contributed by atoms with Gasteiger partial charge in [0.2, 0.25) is 0 Å². The van der Waals surface area contributed by atoms with Gasteiger partial charge >= 0.3 is 0 Å². The fraction of sp³-hybridized carbons (Fsp3) is 0.923. The number of nitrogens with one attached hydrogen (secondary N) is 1. The second kappa shape index (κ2) is 5.71. The van der Waals surface area contributed by atoms with Gasteiger partial charge in [-0.15, -0.1) is 0 Å². The molecule has 98 valence electrons. The monoisotopic (exact) mass is 238 g/mol. The summed E-state index contributed by atoms with van der Waals surface area (Å²) in [4.78, 5) is 6.99. The first-order chi connectivity index (χ1) is 8.15. The Bertz CT molecular complexity index is 273. The standard InChI is InChI=1S/C13H26N4/c1-10-4-3-7-17(9-10)11(2)8-15-13(14)16-12-5-6-12/h10-12H,3-9H2,1-2H3,(H3,14,15,16)/t10-,11+/m0/s1. The van der Waals surface area contributed by atoms with Crippen molar-refractivity contribution in [3.8, 4) is 0 Å². The molecule has 0 spiro atoms. The fourth-order valence-electron chi connectivity index (χ4n) is 2.45. The van der Waals surface area contributed by atoms with Crippen LogP contribution >= 0.6 is 0 Å².